The standard InChI is InChI=1S/C20H25N3O3/c1-26-17-9-7-15(8-10-17)11-12-21-19(24)14-23-20(25)13-16-5-3-2-4-6-18(16)22-23/h7-10,13H,2-6,11-12,14H2,1H3,(H,21,24). The van der Waals surface area contributed by atoms with Crippen LogP contribution in [0.1, 0.15) is 36.1 Å². The van der Waals surface area contributed by atoms with E-state index >= 15 is 0 Å². The number of aromatic nitrogens is 2. The van der Waals surface area contributed by atoms with E-state index in [9.17, 15) is 9.59 Å². The molecule has 0 bridgehead atoms. The van der Waals surface area contributed by atoms with Gasteiger partial charge in [-0.1, -0.05) is 18.6 Å². The molecule has 26 heavy (non-hydrogen) atoms. The summed E-state index contributed by atoms with van der Waals surface area (Å²) in [6, 6.07) is 9.40. The van der Waals surface area contributed by atoms with Gasteiger partial charge in [0.25, 0.3) is 5.56 Å². The van der Waals surface area contributed by atoms with Gasteiger partial charge in [0.2, 0.25) is 5.91 Å². The van der Waals surface area contributed by atoms with Gasteiger partial charge in [0.1, 0.15) is 12.3 Å². The van der Waals surface area contributed by atoms with Gasteiger partial charge in [0.15, 0.2) is 0 Å². The van der Waals surface area contributed by atoms with Gasteiger partial charge in [-0.25, -0.2) is 4.68 Å². The largest absolute Gasteiger partial charge is 0.497 e. The second-order valence-electron chi connectivity index (χ2n) is 6.62. The van der Waals surface area contributed by atoms with Gasteiger partial charge in [-0.2, -0.15) is 5.10 Å². The third kappa shape index (κ3) is 4.71. The Morgan fingerprint density at radius 2 is 1.96 bits per heavy atom. The van der Waals surface area contributed by atoms with Gasteiger partial charge < -0.3 is 10.1 Å². The third-order valence-corrected chi connectivity index (χ3v) is 4.71. The van der Waals surface area contributed by atoms with Crippen LogP contribution in [0.2, 0.25) is 0 Å². The van der Waals surface area contributed by atoms with Crippen molar-refractivity contribution < 1.29 is 9.53 Å². The van der Waals surface area contributed by atoms with Crippen LogP contribution < -0.4 is 15.6 Å². The second kappa shape index (κ2) is 8.65. The molecule has 0 radical (unpaired) electrons. The van der Waals surface area contributed by atoms with Crippen molar-refractivity contribution in [3.8, 4) is 5.75 Å². The maximum Gasteiger partial charge on any atom is 0.267 e. The van der Waals surface area contributed by atoms with E-state index in [1.165, 1.54) is 4.68 Å². The summed E-state index contributed by atoms with van der Waals surface area (Å²) >= 11 is 0. The lowest BCUT2D eigenvalue weighted by molar-refractivity contribution is -0.121. The van der Waals surface area contributed by atoms with Crippen molar-refractivity contribution in [3.05, 3.63) is 57.5 Å². The summed E-state index contributed by atoms with van der Waals surface area (Å²) in [7, 11) is 1.63. The van der Waals surface area contributed by atoms with Gasteiger partial charge in [-0.15, -0.1) is 0 Å². The average Bonchev–Trinajstić information content (AvgIpc) is 2.87. The predicted octanol–water partition coefficient (Wildman–Crippen LogP) is 1.88. The lowest BCUT2D eigenvalue weighted by Crippen LogP contribution is -2.35. The topological polar surface area (TPSA) is 73.2 Å². The van der Waals surface area contributed by atoms with Gasteiger partial charge in [-0.05, 0) is 55.4 Å². The molecule has 1 aliphatic rings. The molecule has 0 unspecified atom stereocenters. The molecule has 0 aliphatic heterocycles. The highest BCUT2D eigenvalue weighted by atomic mass is 16.5. The van der Waals surface area contributed by atoms with Crippen LogP contribution in [0, 0.1) is 0 Å². The molecule has 2 aromatic rings. The van der Waals surface area contributed by atoms with Crippen LogP contribution in [0.5, 0.6) is 5.75 Å². The molecule has 1 N–H and O–H groups in total. The fourth-order valence-electron chi connectivity index (χ4n) is 3.22. The summed E-state index contributed by atoms with van der Waals surface area (Å²) in [5, 5.41) is 7.29. The minimum absolute atomic E-state index is 0.0330. The van der Waals surface area contributed by atoms with Crippen molar-refractivity contribution in [2.45, 2.75) is 45.1 Å². The molecule has 1 heterocycles. The molecule has 0 fully saturated rings. The molecule has 6 heteroatoms. The SMILES string of the molecule is COc1ccc(CCNC(=O)Cn2nc3c(cc2=O)CCCCC3)cc1. The predicted molar refractivity (Wildman–Crippen MR) is 99.5 cm³/mol. The van der Waals surface area contributed by atoms with Crippen LogP contribution >= 0.6 is 0 Å². The highest BCUT2D eigenvalue weighted by molar-refractivity contribution is 5.75. The van der Waals surface area contributed by atoms with Crippen LogP contribution in [0.25, 0.3) is 0 Å². The van der Waals surface area contributed by atoms with Crippen molar-refractivity contribution in [3.63, 3.8) is 0 Å². The molecule has 3 rings (SSSR count). The molecule has 6 nitrogen and oxygen atoms in total. The number of fused-ring (bicyclic) bond motifs is 1. The Morgan fingerprint density at radius 1 is 1.19 bits per heavy atom. The van der Waals surface area contributed by atoms with E-state index in [-0.39, 0.29) is 18.0 Å². The van der Waals surface area contributed by atoms with Crippen LogP contribution in [0.4, 0.5) is 0 Å². The zero-order chi connectivity index (χ0) is 18.4. The highest BCUT2D eigenvalue weighted by Gasteiger charge is 2.13. The lowest BCUT2D eigenvalue weighted by atomic mass is 10.1. The monoisotopic (exact) mass is 355 g/mol. The lowest BCUT2D eigenvalue weighted by Gasteiger charge is -2.10. The van der Waals surface area contributed by atoms with Crippen LogP contribution in [-0.4, -0.2) is 29.3 Å². The second-order valence-corrected chi connectivity index (χ2v) is 6.62. The highest BCUT2D eigenvalue weighted by Crippen LogP contribution is 2.16. The number of hydrogen-bond acceptors (Lipinski definition) is 4. The molecular weight excluding hydrogens is 330 g/mol. The van der Waals surface area contributed by atoms with Gasteiger partial charge in [0.05, 0.1) is 12.8 Å². The Hall–Kier alpha value is -2.63. The van der Waals surface area contributed by atoms with E-state index in [1.54, 1.807) is 13.2 Å². The zero-order valence-corrected chi connectivity index (χ0v) is 15.2. The molecule has 1 aliphatic carbocycles. The van der Waals surface area contributed by atoms with Crippen LogP contribution in [-0.2, 0) is 30.6 Å². The Balaban J connectivity index is 1.54. The first-order valence-corrected chi connectivity index (χ1v) is 9.15. The number of carbonyl (C=O) groups excluding carboxylic acids is 1. The number of amides is 1. The van der Waals surface area contributed by atoms with Crippen LogP contribution in [0.3, 0.4) is 0 Å². The summed E-state index contributed by atoms with van der Waals surface area (Å²) in [6.45, 7) is 0.486. The van der Waals surface area contributed by atoms with E-state index in [4.69, 9.17) is 4.74 Å². The quantitative estimate of drug-likeness (QED) is 0.803. The first kappa shape index (κ1) is 18.2. The number of methoxy groups -OCH3 is 1. The smallest absolute Gasteiger partial charge is 0.267 e. The third-order valence-electron chi connectivity index (χ3n) is 4.71. The van der Waals surface area contributed by atoms with E-state index in [0.29, 0.717) is 6.54 Å². The molecule has 1 aromatic carbocycles. The summed E-state index contributed by atoms with van der Waals surface area (Å²) in [5.41, 5.74) is 2.93. The van der Waals surface area contributed by atoms with E-state index in [0.717, 1.165) is 61.1 Å². The number of carbonyl (C=O) groups is 1. The summed E-state index contributed by atoms with van der Waals surface area (Å²) in [6.07, 6.45) is 5.87. The Morgan fingerprint density at radius 3 is 2.73 bits per heavy atom. The van der Waals surface area contributed by atoms with Gasteiger partial charge in [0, 0.05) is 12.6 Å². The molecule has 0 saturated heterocycles. The summed E-state index contributed by atoms with van der Waals surface area (Å²) in [4.78, 5) is 24.4. The molecule has 1 amide bonds. The molecule has 0 spiro atoms. The van der Waals surface area contributed by atoms with Crippen molar-refractivity contribution >= 4 is 5.91 Å². The molecule has 1 aromatic heterocycles. The van der Waals surface area contributed by atoms with Gasteiger partial charge >= 0.3 is 0 Å². The fraction of sp³-hybridized carbons (Fsp3) is 0.450. The fourth-order valence-corrected chi connectivity index (χ4v) is 3.22. The van der Waals surface area contributed by atoms with Crippen molar-refractivity contribution in [1.82, 2.24) is 15.1 Å². The van der Waals surface area contributed by atoms with E-state index < -0.39 is 0 Å². The zero-order valence-electron chi connectivity index (χ0n) is 15.2. The van der Waals surface area contributed by atoms with Crippen molar-refractivity contribution in [1.29, 1.82) is 0 Å². The summed E-state index contributed by atoms with van der Waals surface area (Å²) < 4.78 is 6.41. The Kier molecular flexibility index (Phi) is 6.04. The number of nitrogens with one attached hydrogen (secondary N) is 1. The minimum Gasteiger partial charge on any atom is -0.497 e. The number of benzene rings is 1. The summed E-state index contributed by atoms with van der Waals surface area (Å²) in [5.74, 6) is 0.619. The van der Waals surface area contributed by atoms with E-state index in [1.807, 2.05) is 24.3 Å². The Labute approximate surface area is 153 Å². The molecule has 0 atom stereocenters. The number of hydrogen-bond donors (Lipinski definition) is 1. The number of ether oxygens (including phenoxy) is 1. The van der Waals surface area contributed by atoms with Crippen LogP contribution in [0.15, 0.2) is 35.1 Å². The molecular formula is C20H25N3O3. The minimum atomic E-state index is -0.198. The number of aryl methyl sites for hydroxylation is 2. The Bertz CT molecular complexity index is 812. The molecule has 0 saturated carbocycles. The first-order chi connectivity index (χ1) is 12.7. The van der Waals surface area contributed by atoms with Crippen molar-refractivity contribution in [2.24, 2.45) is 0 Å². The molecule has 138 valence electrons. The normalized spacial score (nSPS) is 13.6. The first-order valence-electron chi connectivity index (χ1n) is 9.15. The number of rotatable bonds is 6. The van der Waals surface area contributed by atoms with Gasteiger partial charge in [-0.3, -0.25) is 9.59 Å². The van der Waals surface area contributed by atoms with E-state index in [2.05, 4.69) is 10.4 Å². The average molecular weight is 355 g/mol. The maximum absolute atomic E-state index is 12.2. The number of nitrogens with zero attached hydrogens (tertiary/aromatic N) is 2. The maximum atomic E-state index is 12.2. The van der Waals surface area contributed by atoms with Crippen molar-refractivity contribution in [2.75, 3.05) is 13.7 Å².